The number of benzene rings is 1. The molecule has 5 nitrogen and oxygen atoms in total. The molecule has 0 radical (unpaired) electrons. The second kappa shape index (κ2) is 5.55. The van der Waals surface area contributed by atoms with Crippen LogP contribution in [0.5, 0.6) is 0 Å². The SMILES string of the molecule is CNc1ncc(C)c(Nc2ccc(C#N)cc2Cl)n1. The summed E-state index contributed by atoms with van der Waals surface area (Å²) in [4.78, 5) is 8.42. The predicted octanol–water partition coefficient (Wildman–Crippen LogP) is 3.10. The molecule has 0 aliphatic heterocycles. The molecule has 0 atom stereocenters. The summed E-state index contributed by atoms with van der Waals surface area (Å²) >= 11 is 6.11. The van der Waals surface area contributed by atoms with E-state index in [1.165, 1.54) is 0 Å². The van der Waals surface area contributed by atoms with Crippen LogP contribution in [-0.2, 0) is 0 Å². The number of halogens is 1. The largest absolute Gasteiger partial charge is 0.357 e. The van der Waals surface area contributed by atoms with Gasteiger partial charge in [-0.3, -0.25) is 0 Å². The van der Waals surface area contributed by atoms with Crippen LogP contribution in [0.4, 0.5) is 17.5 Å². The van der Waals surface area contributed by atoms with Crippen molar-refractivity contribution < 1.29 is 0 Å². The van der Waals surface area contributed by atoms with Gasteiger partial charge in [0.05, 0.1) is 22.3 Å². The van der Waals surface area contributed by atoms with Gasteiger partial charge in [-0.15, -0.1) is 0 Å². The number of aryl methyl sites for hydroxylation is 1. The summed E-state index contributed by atoms with van der Waals surface area (Å²) in [6.45, 7) is 1.90. The van der Waals surface area contributed by atoms with Crippen molar-refractivity contribution in [2.75, 3.05) is 17.7 Å². The summed E-state index contributed by atoms with van der Waals surface area (Å²) in [5.41, 5.74) is 2.12. The first-order chi connectivity index (χ1) is 9.13. The number of nitriles is 1. The molecule has 19 heavy (non-hydrogen) atoms. The Bertz CT molecular complexity index is 648. The van der Waals surface area contributed by atoms with E-state index in [-0.39, 0.29) is 0 Å². The number of rotatable bonds is 3. The molecule has 0 amide bonds. The molecule has 0 saturated carbocycles. The monoisotopic (exact) mass is 273 g/mol. The molecule has 0 aliphatic rings. The van der Waals surface area contributed by atoms with E-state index in [9.17, 15) is 0 Å². The van der Waals surface area contributed by atoms with E-state index in [4.69, 9.17) is 16.9 Å². The minimum absolute atomic E-state index is 0.475. The van der Waals surface area contributed by atoms with Gasteiger partial charge in [-0.25, -0.2) is 4.98 Å². The summed E-state index contributed by atoms with van der Waals surface area (Å²) in [6.07, 6.45) is 1.72. The van der Waals surface area contributed by atoms with Gasteiger partial charge in [-0.05, 0) is 25.1 Å². The average molecular weight is 274 g/mol. The van der Waals surface area contributed by atoms with Gasteiger partial charge in [-0.2, -0.15) is 10.2 Å². The molecule has 2 aromatic rings. The lowest BCUT2D eigenvalue weighted by molar-refractivity contribution is 1.12. The Balaban J connectivity index is 2.33. The maximum Gasteiger partial charge on any atom is 0.224 e. The topological polar surface area (TPSA) is 73.6 Å². The fourth-order valence-corrected chi connectivity index (χ4v) is 1.73. The molecule has 2 N–H and O–H groups in total. The third-order valence-electron chi connectivity index (χ3n) is 2.55. The minimum Gasteiger partial charge on any atom is -0.357 e. The smallest absolute Gasteiger partial charge is 0.224 e. The zero-order valence-corrected chi connectivity index (χ0v) is 11.3. The summed E-state index contributed by atoms with van der Waals surface area (Å²) in [7, 11) is 1.75. The highest BCUT2D eigenvalue weighted by Gasteiger charge is 2.07. The molecule has 0 aliphatic carbocycles. The van der Waals surface area contributed by atoms with Gasteiger partial charge in [0.1, 0.15) is 5.82 Å². The summed E-state index contributed by atoms with van der Waals surface area (Å²) in [5, 5.41) is 15.3. The molecular formula is C13H12ClN5. The average Bonchev–Trinajstić information content (AvgIpc) is 2.43. The molecule has 1 heterocycles. The van der Waals surface area contributed by atoms with Crippen molar-refractivity contribution in [1.29, 1.82) is 5.26 Å². The van der Waals surface area contributed by atoms with Gasteiger partial charge in [0.2, 0.25) is 5.95 Å². The van der Waals surface area contributed by atoms with Crippen molar-refractivity contribution >= 4 is 29.1 Å². The van der Waals surface area contributed by atoms with Crippen molar-refractivity contribution in [3.8, 4) is 6.07 Å². The molecule has 1 aromatic carbocycles. The number of hydrogen-bond donors (Lipinski definition) is 2. The molecule has 0 bridgehead atoms. The predicted molar refractivity (Wildman–Crippen MR) is 75.8 cm³/mol. The van der Waals surface area contributed by atoms with E-state index in [0.717, 1.165) is 5.56 Å². The molecule has 0 unspecified atom stereocenters. The summed E-state index contributed by atoms with van der Waals surface area (Å²) < 4.78 is 0. The molecule has 0 spiro atoms. The van der Waals surface area contributed by atoms with Crippen LogP contribution in [0.1, 0.15) is 11.1 Å². The third-order valence-corrected chi connectivity index (χ3v) is 2.86. The molecule has 96 valence electrons. The van der Waals surface area contributed by atoms with Crippen molar-refractivity contribution in [2.45, 2.75) is 6.92 Å². The van der Waals surface area contributed by atoms with Gasteiger partial charge < -0.3 is 10.6 Å². The number of anilines is 3. The van der Waals surface area contributed by atoms with E-state index in [1.54, 1.807) is 31.4 Å². The van der Waals surface area contributed by atoms with Crippen LogP contribution in [0.25, 0.3) is 0 Å². The van der Waals surface area contributed by atoms with Gasteiger partial charge >= 0.3 is 0 Å². The second-order valence-corrected chi connectivity index (χ2v) is 4.31. The van der Waals surface area contributed by atoms with Gasteiger partial charge in [0.15, 0.2) is 0 Å². The molecule has 2 rings (SSSR count). The van der Waals surface area contributed by atoms with Crippen LogP contribution in [-0.4, -0.2) is 17.0 Å². The van der Waals surface area contributed by atoms with Gasteiger partial charge in [0.25, 0.3) is 0 Å². The number of nitrogens with zero attached hydrogens (tertiary/aromatic N) is 3. The maximum absolute atomic E-state index is 8.80. The number of aromatic nitrogens is 2. The van der Waals surface area contributed by atoms with Crippen LogP contribution < -0.4 is 10.6 Å². The van der Waals surface area contributed by atoms with Gasteiger partial charge in [0, 0.05) is 18.8 Å². The first-order valence-electron chi connectivity index (χ1n) is 5.62. The fraction of sp³-hybridized carbons (Fsp3) is 0.154. The first kappa shape index (κ1) is 13.1. The Kier molecular flexibility index (Phi) is 3.83. The minimum atomic E-state index is 0.475. The molecule has 1 aromatic heterocycles. The van der Waals surface area contributed by atoms with Crippen LogP contribution >= 0.6 is 11.6 Å². The fourth-order valence-electron chi connectivity index (χ4n) is 1.50. The van der Waals surface area contributed by atoms with Crippen molar-refractivity contribution in [3.05, 3.63) is 40.5 Å². The molecule has 6 heteroatoms. The maximum atomic E-state index is 8.80. The highest BCUT2D eigenvalue weighted by Crippen LogP contribution is 2.27. The lowest BCUT2D eigenvalue weighted by Gasteiger charge is -2.11. The summed E-state index contributed by atoms with van der Waals surface area (Å²) in [6, 6.07) is 7.10. The van der Waals surface area contributed by atoms with E-state index >= 15 is 0 Å². The Labute approximate surface area is 116 Å². The second-order valence-electron chi connectivity index (χ2n) is 3.91. The van der Waals surface area contributed by atoms with Crippen LogP contribution in [0.15, 0.2) is 24.4 Å². The third kappa shape index (κ3) is 2.92. The van der Waals surface area contributed by atoms with Crippen LogP contribution in [0, 0.1) is 18.3 Å². The Morgan fingerprint density at radius 3 is 2.79 bits per heavy atom. The van der Waals surface area contributed by atoms with Crippen LogP contribution in [0.3, 0.4) is 0 Å². The lowest BCUT2D eigenvalue weighted by atomic mass is 10.2. The number of nitrogens with one attached hydrogen (secondary N) is 2. The Hall–Kier alpha value is -2.32. The van der Waals surface area contributed by atoms with Crippen molar-refractivity contribution in [2.24, 2.45) is 0 Å². The normalized spacial score (nSPS) is 9.79. The van der Waals surface area contributed by atoms with Crippen molar-refractivity contribution in [3.63, 3.8) is 0 Å². The summed E-state index contributed by atoms with van der Waals surface area (Å²) in [5.74, 6) is 1.20. The van der Waals surface area contributed by atoms with Crippen molar-refractivity contribution in [1.82, 2.24) is 9.97 Å². The highest BCUT2D eigenvalue weighted by molar-refractivity contribution is 6.33. The molecule has 0 saturated heterocycles. The Morgan fingerprint density at radius 2 is 2.16 bits per heavy atom. The first-order valence-corrected chi connectivity index (χ1v) is 6.00. The van der Waals surface area contributed by atoms with E-state index in [0.29, 0.717) is 28.0 Å². The zero-order valence-electron chi connectivity index (χ0n) is 10.5. The van der Waals surface area contributed by atoms with Gasteiger partial charge in [-0.1, -0.05) is 11.6 Å². The van der Waals surface area contributed by atoms with E-state index in [1.807, 2.05) is 13.0 Å². The zero-order chi connectivity index (χ0) is 13.8. The molecule has 0 fully saturated rings. The quantitative estimate of drug-likeness (QED) is 0.899. The highest BCUT2D eigenvalue weighted by atomic mass is 35.5. The van der Waals surface area contributed by atoms with E-state index in [2.05, 4.69) is 20.6 Å². The van der Waals surface area contributed by atoms with Crippen LogP contribution in [0.2, 0.25) is 5.02 Å². The standard InChI is InChI=1S/C13H12ClN5/c1-8-7-17-13(16-2)19-12(8)18-11-4-3-9(6-15)5-10(11)14/h3-5,7H,1-2H3,(H2,16,17,18,19). The molecular weight excluding hydrogens is 262 g/mol. The number of hydrogen-bond acceptors (Lipinski definition) is 5. The van der Waals surface area contributed by atoms with E-state index < -0.39 is 0 Å². The Morgan fingerprint density at radius 1 is 1.37 bits per heavy atom. The lowest BCUT2D eigenvalue weighted by Crippen LogP contribution is -2.02.